The Bertz CT molecular complexity index is 703. The van der Waals surface area contributed by atoms with Gasteiger partial charge in [-0.15, -0.1) is 0 Å². The van der Waals surface area contributed by atoms with E-state index in [-0.39, 0.29) is 5.56 Å². The van der Waals surface area contributed by atoms with E-state index in [1.807, 2.05) is 6.07 Å². The molecule has 24 heavy (non-hydrogen) atoms. The van der Waals surface area contributed by atoms with Gasteiger partial charge in [0.1, 0.15) is 11.6 Å². The van der Waals surface area contributed by atoms with Gasteiger partial charge >= 0.3 is 0 Å². The third-order valence-electron chi connectivity index (χ3n) is 4.19. The molecule has 1 atom stereocenters. The van der Waals surface area contributed by atoms with Crippen molar-refractivity contribution in [2.45, 2.75) is 13.0 Å². The zero-order valence-corrected chi connectivity index (χ0v) is 13.2. The van der Waals surface area contributed by atoms with E-state index < -0.39 is 17.5 Å². The molecule has 1 N–H and O–H groups in total. The van der Waals surface area contributed by atoms with Gasteiger partial charge < -0.3 is 10.2 Å². The number of nitrogens with zero attached hydrogens (tertiary/aromatic N) is 2. The summed E-state index contributed by atoms with van der Waals surface area (Å²) < 4.78 is 27.1. The monoisotopic (exact) mass is 331 g/mol. The number of halogens is 2. The van der Waals surface area contributed by atoms with Gasteiger partial charge in [0, 0.05) is 31.5 Å². The molecule has 2 aromatic rings. The second-order valence-electron chi connectivity index (χ2n) is 6.03. The van der Waals surface area contributed by atoms with Crippen molar-refractivity contribution in [3.63, 3.8) is 0 Å². The Labute approximate surface area is 139 Å². The van der Waals surface area contributed by atoms with Crippen LogP contribution in [0.4, 0.5) is 8.78 Å². The molecular formula is C18H19F2N3O. The number of nitrogens with one attached hydrogen (secondary N) is 1. The van der Waals surface area contributed by atoms with Crippen LogP contribution in [0.15, 0.2) is 42.7 Å². The Morgan fingerprint density at radius 3 is 2.88 bits per heavy atom. The molecule has 126 valence electrons. The summed E-state index contributed by atoms with van der Waals surface area (Å²) in [5.41, 5.74) is 0.769. The van der Waals surface area contributed by atoms with Gasteiger partial charge in [0.15, 0.2) is 0 Å². The number of rotatable bonds is 5. The fourth-order valence-electron chi connectivity index (χ4n) is 2.95. The highest BCUT2D eigenvalue weighted by atomic mass is 19.1. The van der Waals surface area contributed by atoms with Gasteiger partial charge in [-0.1, -0.05) is 6.07 Å². The van der Waals surface area contributed by atoms with E-state index in [0.29, 0.717) is 19.0 Å². The molecule has 0 bridgehead atoms. The molecule has 1 aliphatic rings. The first-order chi connectivity index (χ1) is 11.6. The van der Waals surface area contributed by atoms with Gasteiger partial charge in [-0.25, -0.2) is 8.78 Å². The quantitative estimate of drug-likeness (QED) is 0.916. The zero-order chi connectivity index (χ0) is 16.9. The summed E-state index contributed by atoms with van der Waals surface area (Å²) in [7, 11) is 0. The number of amides is 1. The van der Waals surface area contributed by atoms with Crippen molar-refractivity contribution >= 4 is 5.91 Å². The van der Waals surface area contributed by atoms with Crippen molar-refractivity contribution in [2.75, 3.05) is 19.6 Å². The van der Waals surface area contributed by atoms with E-state index in [1.54, 1.807) is 23.4 Å². The summed E-state index contributed by atoms with van der Waals surface area (Å²) >= 11 is 0. The van der Waals surface area contributed by atoms with Gasteiger partial charge in [-0.05, 0) is 49.2 Å². The highest BCUT2D eigenvalue weighted by Gasteiger charge is 2.24. The van der Waals surface area contributed by atoms with Gasteiger partial charge in [0.25, 0.3) is 5.91 Å². The summed E-state index contributed by atoms with van der Waals surface area (Å²) in [6.45, 7) is 2.63. The molecule has 1 aromatic heterocycles. The fraction of sp³-hybridized carbons (Fsp3) is 0.333. The van der Waals surface area contributed by atoms with Crippen molar-refractivity contribution in [3.8, 4) is 0 Å². The maximum absolute atomic E-state index is 14.0. The predicted molar refractivity (Wildman–Crippen MR) is 86.3 cm³/mol. The summed E-state index contributed by atoms with van der Waals surface area (Å²) in [6.07, 6.45) is 4.33. The molecule has 0 spiro atoms. The van der Waals surface area contributed by atoms with Crippen LogP contribution in [0.1, 0.15) is 22.3 Å². The average molecular weight is 331 g/mol. The third-order valence-corrected chi connectivity index (χ3v) is 4.19. The molecule has 3 rings (SSSR count). The molecule has 1 aliphatic heterocycles. The Kier molecular flexibility index (Phi) is 5.15. The predicted octanol–water partition coefficient (Wildman–Crippen LogP) is 2.61. The molecule has 0 aliphatic carbocycles. The zero-order valence-electron chi connectivity index (χ0n) is 13.2. The van der Waals surface area contributed by atoms with E-state index in [9.17, 15) is 13.6 Å². The van der Waals surface area contributed by atoms with E-state index in [4.69, 9.17) is 0 Å². The third kappa shape index (κ3) is 3.94. The number of hydrogen-bond donors (Lipinski definition) is 1. The normalized spacial score (nSPS) is 17.0. The lowest BCUT2D eigenvalue weighted by Crippen LogP contribution is -2.36. The summed E-state index contributed by atoms with van der Waals surface area (Å²) in [5, 5.41) is 3.27. The molecule has 0 unspecified atom stereocenters. The van der Waals surface area contributed by atoms with Crippen LogP contribution in [0, 0.1) is 17.6 Å². The number of carbonyl (C=O) groups is 1. The number of pyridine rings is 1. The maximum Gasteiger partial charge on any atom is 0.257 e. The molecule has 1 aromatic carbocycles. The van der Waals surface area contributed by atoms with Crippen molar-refractivity contribution < 1.29 is 13.6 Å². The lowest BCUT2D eigenvalue weighted by atomic mass is 10.1. The minimum Gasteiger partial charge on any atom is -0.334 e. The first-order valence-corrected chi connectivity index (χ1v) is 7.97. The second kappa shape index (κ2) is 7.49. The molecule has 1 saturated heterocycles. The second-order valence-corrected chi connectivity index (χ2v) is 6.03. The molecule has 2 heterocycles. The van der Waals surface area contributed by atoms with Crippen LogP contribution in [0.25, 0.3) is 0 Å². The number of benzene rings is 1. The van der Waals surface area contributed by atoms with Crippen molar-refractivity contribution in [2.24, 2.45) is 5.92 Å². The Morgan fingerprint density at radius 2 is 2.21 bits per heavy atom. The molecular weight excluding hydrogens is 312 g/mol. The van der Waals surface area contributed by atoms with Crippen LogP contribution in [0.2, 0.25) is 0 Å². The number of aromatic nitrogens is 1. The van der Waals surface area contributed by atoms with Crippen LogP contribution in [0.5, 0.6) is 0 Å². The minimum atomic E-state index is -0.833. The van der Waals surface area contributed by atoms with E-state index in [1.165, 1.54) is 6.07 Å². The highest BCUT2D eigenvalue weighted by Crippen LogP contribution is 2.18. The summed E-state index contributed by atoms with van der Waals surface area (Å²) in [4.78, 5) is 18.5. The summed E-state index contributed by atoms with van der Waals surface area (Å²) in [5.74, 6) is -1.62. The molecule has 6 heteroatoms. The van der Waals surface area contributed by atoms with Crippen molar-refractivity contribution in [1.29, 1.82) is 0 Å². The SMILES string of the molecule is O=C(c1ccc(F)cc1F)N(Cc1cccnc1)C[C@@H]1CCNC1. The summed E-state index contributed by atoms with van der Waals surface area (Å²) in [6, 6.07) is 6.73. The smallest absolute Gasteiger partial charge is 0.257 e. The van der Waals surface area contributed by atoms with Crippen LogP contribution in [-0.2, 0) is 6.54 Å². The van der Waals surface area contributed by atoms with Gasteiger partial charge in [-0.2, -0.15) is 0 Å². The number of hydrogen-bond acceptors (Lipinski definition) is 3. The van der Waals surface area contributed by atoms with Gasteiger partial charge in [0.05, 0.1) is 5.56 Å². The molecule has 0 saturated carbocycles. The van der Waals surface area contributed by atoms with Crippen LogP contribution < -0.4 is 5.32 Å². The highest BCUT2D eigenvalue weighted by molar-refractivity contribution is 5.94. The van der Waals surface area contributed by atoms with Crippen molar-refractivity contribution in [3.05, 3.63) is 65.5 Å². The first kappa shape index (κ1) is 16.5. The standard InChI is InChI=1S/C18H19F2N3O/c19-15-3-4-16(17(20)8-15)18(24)23(12-14-5-7-22-10-14)11-13-2-1-6-21-9-13/h1-4,6,8-9,14,22H,5,7,10-12H2/t14-/m1/s1. The van der Waals surface area contributed by atoms with Crippen LogP contribution >= 0.6 is 0 Å². The van der Waals surface area contributed by atoms with E-state index in [2.05, 4.69) is 10.3 Å². The average Bonchev–Trinajstić information content (AvgIpc) is 3.08. The molecule has 4 nitrogen and oxygen atoms in total. The van der Waals surface area contributed by atoms with Crippen molar-refractivity contribution in [1.82, 2.24) is 15.2 Å². The van der Waals surface area contributed by atoms with E-state index >= 15 is 0 Å². The fourth-order valence-corrected chi connectivity index (χ4v) is 2.95. The van der Waals surface area contributed by atoms with Crippen LogP contribution in [-0.4, -0.2) is 35.4 Å². The van der Waals surface area contributed by atoms with Gasteiger partial charge in [0.2, 0.25) is 0 Å². The lowest BCUT2D eigenvalue weighted by Gasteiger charge is -2.26. The van der Waals surface area contributed by atoms with E-state index in [0.717, 1.165) is 37.2 Å². The molecule has 1 fully saturated rings. The Balaban J connectivity index is 1.83. The Hall–Kier alpha value is -2.34. The first-order valence-electron chi connectivity index (χ1n) is 7.97. The molecule has 1 amide bonds. The van der Waals surface area contributed by atoms with Crippen LogP contribution in [0.3, 0.4) is 0 Å². The minimum absolute atomic E-state index is 0.105. The number of carbonyl (C=O) groups excluding carboxylic acids is 1. The topological polar surface area (TPSA) is 45.2 Å². The lowest BCUT2D eigenvalue weighted by molar-refractivity contribution is 0.0713. The van der Waals surface area contributed by atoms with Gasteiger partial charge in [-0.3, -0.25) is 9.78 Å². The maximum atomic E-state index is 14.0. The molecule has 0 radical (unpaired) electrons. The largest absolute Gasteiger partial charge is 0.334 e. The Morgan fingerprint density at radius 1 is 1.33 bits per heavy atom.